The van der Waals surface area contributed by atoms with Crippen LogP contribution < -0.4 is 5.32 Å². The molecular weight excluding hydrogens is 200 g/mol. The summed E-state index contributed by atoms with van der Waals surface area (Å²) in [5.41, 5.74) is 3.47. The number of nitrogens with zero attached hydrogens (tertiary/aromatic N) is 3. The molecule has 2 heterocycles. The van der Waals surface area contributed by atoms with E-state index in [-0.39, 0.29) is 0 Å². The third kappa shape index (κ3) is 2.05. The standard InChI is InChI=1S/C12H16N4/c1-9-10(2)16(8-15-9)7-11-4-5-12(13-3)14-6-11/h4-6,8H,7H2,1-3H3,(H,13,14). The van der Waals surface area contributed by atoms with Crippen molar-refractivity contribution in [3.8, 4) is 0 Å². The zero-order valence-electron chi connectivity index (χ0n) is 9.86. The molecule has 0 bridgehead atoms. The molecule has 4 nitrogen and oxygen atoms in total. The fourth-order valence-corrected chi connectivity index (χ4v) is 1.57. The van der Waals surface area contributed by atoms with Crippen molar-refractivity contribution in [2.45, 2.75) is 20.4 Å². The summed E-state index contributed by atoms with van der Waals surface area (Å²) in [6, 6.07) is 4.06. The highest BCUT2D eigenvalue weighted by Crippen LogP contribution is 2.09. The molecule has 0 unspecified atom stereocenters. The molecule has 0 saturated heterocycles. The maximum atomic E-state index is 4.28. The largest absolute Gasteiger partial charge is 0.373 e. The van der Waals surface area contributed by atoms with Crippen LogP contribution in [0.4, 0.5) is 5.82 Å². The number of rotatable bonds is 3. The lowest BCUT2D eigenvalue weighted by Crippen LogP contribution is -2.01. The van der Waals surface area contributed by atoms with Crippen LogP contribution in [0.1, 0.15) is 17.0 Å². The van der Waals surface area contributed by atoms with Gasteiger partial charge in [0.2, 0.25) is 0 Å². The van der Waals surface area contributed by atoms with Gasteiger partial charge in [-0.25, -0.2) is 9.97 Å². The molecule has 0 aromatic carbocycles. The van der Waals surface area contributed by atoms with E-state index in [4.69, 9.17) is 0 Å². The van der Waals surface area contributed by atoms with E-state index in [0.29, 0.717) is 0 Å². The van der Waals surface area contributed by atoms with Crippen molar-refractivity contribution in [3.05, 3.63) is 41.6 Å². The fraction of sp³-hybridized carbons (Fsp3) is 0.333. The highest BCUT2D eigenvalue weighted by atomic mass is 15.1. The van der Waals surface area contributed by atoms with Crippen LogP contribution in [-0.2, 0) is 6.54 Å². The number of anilines is 1. The Morgan fingerprint density at radius 2 is 2.06 bits per heavy atom. The summed E-state index contributed by atoms with van der Waals surface area (Å²) in [7, 11) is 1.87. The summed E-state index contributed by atoms with van der Waals surface area (Å²) in [5, 5.41) is 3.00. The lowest BCUT2D eigenvalue weighted by atomic mass is 10.2. The molecule has 1 N–H and O–H groups in total. The van der Waals surface area contributed by atoms with Crippen LogP contribution in [0.5, 0.6) is 0 Å². The smallest absolute Gasteiger partial charge is 0.125 e. The van der Waals surface area contributed by atoms with Crippen molar-refractivity contribution in [2.24, 2.45) is 0 Å². The SMILES string of the molecule is CNc1ccc(Cn2cnc(C)c2C)cn1. The van der Waals surface area contributed by atoms with E-state index in [1.165, 1.54) is 11.3 Å². The average Bonchev–Trinajstić information content (AvgIpc) is 2.62. The first-order valence-electron chi connectivity index (χ1n) is 5.31. The van der Waals surface area contributed by atoms with Crippen LogP contribution in [0.15, 0.2) is 24.7 Å². The second-order valence-electron chi connectivity index (χ2n) is 3.84. The molecule has 4 heteroatoms. The van der Waals surface area contributed by atoms with Gasteiger partial charge in [-0.05, 0) is 25.5 Å². The molecule has 16 heavy (non-hydrogen) atoms. The number of pyridine rings is 1. The zero-order valence-corrected chi connectivity index (χ0v) is 9.86. The maximum absolute atomic E-state index is 4.28. The number of imidazole rings is 1. The third-order valence-electron chi connectivity index (χ3n) is 2.78. The van der Waals surface area contributed by atoms with Crippen molar-refractivity contribution < 1.29 is 0 Å². The van der Waals surface area contributed by atoms with Gasteiger partial charge in [0.05, 0.1) is 18.6 Å². The van der Waals surface area contributed by atoms with Crippen LogP contribution in [0, 0.1) is 13.8 Å². The van der Waals surface area contributed by atoms with E-state index in [1.54, 1.807) is 0 Å². The number of aryl methyl sites for hydroxylation is 1. The monoisotopic (exact) mass is 216 g/mol. The van der Waals surface area contributed by atoms with Crippen molar-refractivity contribution in [1.82, 2.24) is 14.5 Å². The summed E-state index contributed by atoms with van der Waals surface area (Å²) in [5.74, 6) is 0.891. The fourth-order valence-electron chi connectivity index (χ4n) is 1.57. The van der Waals surface area contributed by atoms with E-state index >= 15 is 0 Å². The Morgan fingerprint density at radius 3 is 2.56 bits per heavy atom. The number of nitrogens with one attached hydrogen (secondary N) is 1. The van der Waals surface area contributed by atoms with Crippen LogP contribution in [-0.4, -0.2) is 21.6 Å². The van der Waals surface area contributed by atoms with Gasteiger partial charge in [-0.15, -0.1) is 0 Å². The van der Waals surface area contributed by atoms with E-state index in [0.717, 1.165) is 18.1 Å². The van der Waals surface area contributed by atoms with Crippen LogP contribution in [0.25, 0.3) is 0 Å². The third-order valence-corrected chi connectivity index (χ3v) is 2.78. The summed E-state index contributed by atoms with van der Waals surface area (Å²) in [4.78, 5) is 8.56. The van der Waals surface area contributed by atoms with Crippen molar-refractivity contribution in [2.75, 3.05) is 12.4 Å². The summed E-state index contributed by atoms with van der Waals surface area (Å²) < 4.78 is 2.13. The molecule has 2 aromatic rings. The van der Waals surface area contributed by atoms with E-state index < -0.39 is 0 Å². The van der Waals surface area contributed by atoms with Gasteiger partial charge >= 0.3 is 0 Å². The van der Waals surface area contributed by atoms with Crippen molar-refractivity contribution >= 4 is 5.82 Å². The Bertz CT molecular complexity index is 470. The first-order chi connectivity index (χ1) is 7.70. The molecule has 84 valence electrons. The number of hydrogen-bond acceptors (Lipinski definition) is 3. The van der Waals surface area contributed by atoms with Crippen molar-refractivity contribution in [3.63, 3.8) is 0 Å². The molecule has 0 atom stereocenters. The highest BCUT2D eigenvalue weighted by Gasteiger charge is 2.02. The zero-order chi connectivity index (χ0) is 11.5. The lowest BCUT2D eigenvalue weighted by Gasteiger charge is -2.06. The molecule has 0 fully saturated rings. The Balaban J connectivity index is 2.17. The second kappa shape index (κ2) is 4.35. The molecule has 2 aromatic heterocycles. The van der Waals surface area contributed by atoms with Gasteiger partial charge in [-0.1, -0.05) is 6.07 Å². The first-order valence-corrected chi connectivity index (χ1v) is 5.31. The van der Waals surface area contributed by atoms with Gasteiger partial charge in [-0.2, -0.15) is 0 Å². The normalized spacial score (nSPS) is 10.4. The number of hydrogen-bond donors (Lipinski definition) is 1. The van der Waals surface area contributed by atoms with Gasteiger partial charge in [-0.3, -0.25) is 0 Å². The Hall–Kier alpha value is -1.84. The second-order valence-corrected chi connectivity index (χ2v) is 3.84. The lowest BCUT2D eigenvalue weighted by molar-refractivity contribution is 0.765. The Labute approximate surface area is 95.4 Å². The maximum Gasteiger partial charge on any atom is 0.125 e. The van der Waals surface area contributed by atoms with Gasteiger partial charge in [0.25, 0.3) is 0 Å². The van der Waals surface area contributed by atoms with Crippen molar-refractivity contribution in [1.29, 1.82) is 0 Å². The van der Waals surface area contributed by atoms with Gasteiger partial charge in [0.15, 0.2) is 0 Å². The molecule has 2 rings (SSSR count). The minimum atomic E-state index is 0.823. The molecule has 0 amide bonds. The topological polar surface area (TPSA) is 42.7 Å². The minimum Gasteiger partial charge on any atom is -0.373 e. The molecule has 0 saturated carbocycles. The summed E-state index contributed by atoms with van der Waals surface area (Å²) in [6.45, 7) is 4.93. The number of aromatic nitrogens is 3. The molecule has 0 aliphatic heterocycles. The summed E-state index contributed by atoms with van der Waals surface area (Å²) in [6.07, 6.45) is 3.76. The Kier molecular flexibility index (Phi) is 2.90. The molecule has 0 aliphatic carbocycles. The van der Waals surface area contributed by atoms with Gasteiger partial charge in [0.1, 0.15) is 5.82 Å². The van der Waals surface area contributed by atoms with Crippen LogP contribution in [0.2, 0.25) is 0 Å². The van der Waals surface area contributed by atoms with E-state index in [1.807, 2.05) is 32.6 Å². The highest BCUT2D eigenvalue weighted by molar-refractivity contribution is 5.34. The van der Waals surface area contributed by atoms with Crippen LogP contribution >= 0.6 is 0 Å². The first kappa shape index (κ1) is 10.7. The minimum absolute atomic E-state index is 0.823. The van der Waals surface area contributed by atoms with E-state index in [9.17, 15) is 0 Å². The summed E-state index contributed by atoms with van der Waals surface area (Å²) >= 11 is 0. The van der Waals surface area contributed by atoms with Gasteiger partial charge < -0.3 is 9.88 Å². The molecule has 0 radical (unpaired) electrons. The predicted molar refractivity (Wildman–Crippen MR) is 64.6 cm³/mol. The molecule has 0 aliphatic rings. The average molecular weight is 216 g/mol. The molecule has 0 spiro atoms. The van der Waals surface area contributed by atoms with Gasteiger partial charge in [0, 0.05) is 18.9 Å². The predicted octanol–water partition coefficient (Wildman–Crippen LogP) is 1.98. The molecular formula is C12H16N4. The Morgan fingerprint density at radius 1 is 1.25 bits per heavy atom. The van der Waals surface area contributed by atoms with E-state index in [2.05, 4.69) is 32.8 Å². The quantitative estimate of drug-likeness (QED) is 0.853. The van der Waals surface area contributed by atoms with Crippen LogP contribution in [0.3, 0.4) is 0 Å².